The lowest BCUT2D eigenvalue weighted by molar-refractivity contribution is -0.709. The Morgan fingerprint density at radius 1 is 1.14 bits per heavy atom. The van der Waals surface area contributed by atoms with E-state index in [9.17, 15) is 4.79 Å². The summed E-state index contributed by atoms with van der Waals surface area (Å²) in [5, 5.41) is 5.69. The Morgan fingerprint density at radius 3 is 2.45 bits per heavy atom. The molecule has 3 nitrogen and oxygen atoms in total. The van der Waals surface area contributed by atoms with Gasteiger partial charge < -0.3 is 10.6 Å². The molecule has 116 valence electrons. The van der Waals surface area contributed by atoms with E-state index < -0.39 is 0 Å². The molecule has 0 aliphatic heterocycles. The summed E-state index contributed by atoms with van der Waals surface area (Å²) in [6.45, 7) is 6.00. The van der Waals surface area contributed by atoms with E-state index in [1.807, 2.05) is 67.7 Å². The molecule has 1 amide bonds. The van der Waals surface area contributed by atoms with E-state index in [2.05, 4.69) is 12.2 Å². The van der Waals surface area contributed by atoms with Gasteiger partial charge in [-0.2, -0.15) is 0 Å². The van der Waals surface area contributed by atoms with Crippen LogP contribution < -0.4 is 10.6 Å². The minimum Gasteiger partial charge on any atom is -0.330 e. The number of hydrogen-bond acceptors (Lipinski definition) is 1. The van der Waals surface area contributed by atoms with Gasteiger partial charge in [0, 0.05) is 16.3 Å². The van der Waals surface area contributed by atoms with Crippen molar-refractivity contribution in [2.75, 3.05) is 5.32 Å². The first kappa shape index (κ1) is 16.5. The average molecular weight is 318 g/mol. The normalized spacial score (nSPS) is 13.5. The minimum atomic E-state index is -0.185. The summed E-state index contributed by atoms with van der Waals surface area (Å²) in [6, 6.07) is 15.5. The second-order valence-corrected chi connectivity index (χ2v) is 6.12. The van der Waals surface area contributed by atoms with Gasteiger partial charge in [-0.1, -0.05) is 41.4 Å². The highest BCUT2D eigenvalue weighted by atomic mass is 35.5. The second-order valence-electron chi connectivity index (χ2n) is 5.68. The lowest BCUT2D eigenvalue weighted by Crippen LogP contribution is -2.91. The average Bonchev–Trinajstić information content (AvgIpc) is 2.49. The molecule has 0 spiro atoms. The summed E-state index contributed by atoms with van der Waals surface area (Å²) < 4.78 is 0. The highest BCUT2D eigenvalue weighted by Gasteiger charge is 2.20. The van der Waals surface area contributed by atoms with Gasteiger partial charge in [0.05, 0.1) is 0 Å². The predicted octanol–water partition coefficient (Wildman–Crippen LogP) is 3.30. The number of nitrogens with one attached hydrogen (secondary N) is 1. The Kier molecular flexibility index (Phi) is 5.58. The summed E-state index contributed by atoms with van der Waals surface area (Å²) in [5.74, 6) is -0.00210. The highest BCUT2D eigenvalue weighted by molar-refractivity contribution is 6.30. The van der Waals surface area contributed by atoms with E-state index in [1.165, 1.54) is 5.56 Å². The molecule has 0 aromatic heterocycles. The van der Waals surface area contributed by atoms with Crippen molar-refractivity contribution in [3.63, 3.8) is 0 Å². The third-order valence-electron chi connectivity index (χ3n) is 3.68. The first-order valence-electron chi connectivity index (χ1n) is 7.43. The van der Waals surface area contributed by atoms with Crippen LogP contribution in [0.2, 0.25) is 5.02 Å². The lowest BCUT2D eigenvalue weighted by Gasteiger charge is -2.17. The van der Waals surface area contributed by atoms with Crippen LogP contribution in [-0.4, -0.2) is 11.9 Å². The first-order valence-corrected chi connectivity index (χ1v) is 7.81. The molecule has 2 rings (SSSR count). The smallest absolute Gasteiger partial charge is 0.282 e. The third-order valence-corrected chi connectivity index (χ3v) is 3.92. The Morgan fingerprint density at radius 2 is 1.82 bits per heavy atom. The molecule has 0 saturated carbocycles. The number of hydrogen-bond donors (Lipinski definition) is 2. The summed E-state index contributed by atoms with van der Waals surface area (Å²) in [4.78, 5) is 12.3. The second kappa shape index (κ2) is 7.43. The molecule has 0 aliphatic rings. The number of nitrogens with two attached hydrogens (primary N) is 1. The van der Waals surface area contributed by atoms with Crippen LogP contribution in [0, 0.1) is 6.92 Å². The fourth-order valence-electron chi connectivity index (χ4n) is 2.31. The van der Waals surface area contributed by atoms with Crippen LogP contribution in [-0.2, 0) is 4.79 Å². The molecule has 2 aromatic carbocycles. The largest absolute Gasteiger partial charge is 0.330 e. The Hall–Kier alpha value is -1.84. The van der Waals surface area contributed by atoms with Crippen LogP contribution in [0.4, 0.5) is 5.69 Å². The summed E-state index contributed by atoms with van der Waals surface area (Å²) in [6.07, 6.45) is 0. The van der Waals surface area contributed by atoms with Crippen molar-refractivity contribution in [2.45, 2.75) is 32.9 Å². The number of halogens is 1. The monoisotopic (exact) mass is 317 g/mol. The van der Waals surface area contributed by atoms with Gasteiger partial charge in [0.1, 0.15) is 6.04 Å². The zero-order valence-corrected chi connectivity index (χ0v) is 13.9. The van der Waals surface area contributed by atoms with Crippen LogP contribution in [0.25, 0.3) is 0 Å². The van der Waals surface area contributed by atoms with E-state index in [0.29, 0.717) is 0 Å². The number of aryl methyl sites for hydroxylation is 1. The summed E-state index contributed by atoms with van der Waals surface area (Å²) in [5.41, 5.74) is 3.11. The van der Waals surface area contributed by atoms with Crippen LogP contribution >= 0.6 is 11.6 Å². The number of benzene rings is 2. The number of quaternary nitrogens is 1. The first-order chi connectivity index (χ1) is 10.5. The SMILES string of the molecule is Cc1ccc(NC(=O)[C@H](C)[NH2+][C@H](C)c2cccc(Cl)c2)cc1. The number of carbonyl (C=O) groups excluding carboxylic acids is 1. The zero-order chi connectivity index (χ0) is 16.1. The van der Waals surface area contributed by atoms with E-state index in [4.69, 9.17) is 11.6 Å². The number of amides is 1. The molecular formula is C18H22ClN2O+. The highest BCUT2D eigenvalue weighted by Crippen LogP contribution is 2.15. The van der Waals surface area contributed by atoms with Crippen molar-refractivity contribution in [1.82, 2.24) is 0 Å². The molecule has 0 aliphatic carbocycles. The third kappa shape index (κ3) is 4.58. The lowest BCUT2D eigenvalue weighted by atomic mass is 10.1. The summed E-state index contributed by atoms with van der Waals surface area (Å²) >= 11 is 6.01. The maximum atomic E-state index is 12.3. The van der Waals surface area contributed by atoms with E-state index >= 15 is 0 Å². The van der Waals surface area contributed by atoms with Crippen molar-refractivity contribution in [1.29, 1.82) is 0 Å². The van der Waals surface area contributed by atoms with Crippen LogP contribution in [0.15, 0.2) is 48.5 Å². The van der Waals surface area contributed by atoms with Crippen molar-refractivity contribution in [3.8, 4) is 0 Å². The molecule has 0 radical (unpaired) electrons. The quantitative estimate of drug-likeness (QED) is 0.873. The molecule has 0 unspecified atom stereocenters. The Bertz CT molecular complexity index is 640. The fourth-order valence-corrected chi connectivity index (χ4v) is 2.51. The molecule has 3 N–H and O–H groups in total. The van der Waals surface area contributed by atoms with Gasteiger partial charge in [-0.05, 0) is 45.0 Å². The van der Waals surface area contributed by atoms with Crippen molar-refractivity contribution < 1.29 is 10.1 Å². The topological polar surface area (TPSA) is 45.7 Å². The standard InChI is InChI=1S/C18H21ClN2O/c1-12-7-9-17(10-8-12)21-18(22)14(3)20-13(2)15-5-4-6-16(19)11-15/h4-11,13-14,20H,1-3H3,(H,21,22)/p+1/t13-,14+/m1/s1. The Labute approximate surface area is 136 Å². The molecule has 0 heterocycles. The van der Waals surface area contributed by atoms with Gasteiger partial charge in [0.2, 0.25) is 0 Å². The molecule has 4 heteroatoms. The number of rotatable bonds is 5. The van der Waals surface area contributed by atoms with E-state index in [-0.39, 0.29) is 18.0 Å². The molecule has 0 fully saturated rings. The van der Waals surface area contributed by atoms with Crippen molar-refractivity contribution in [3.05, 3.63) is 64.7 Å². The van der Waals surface area contributed by atoms with Crippen LogP contribution in [0.3, 0.4) is 0 Å². The number of carbonyl (C=O) groups is 1. The fraction of sp³-hybridized carbons (Fsp3) is 0.278. The van der Waals surface area contributed by atoms with Gasteiger partial charge in [-0.25, -0.2) is 0 Å². The van der Waals surface area contributed by atoms with Gasteiger partial charge >= 0.3 is 0 Å². The summed E-state index contributed by atoms with van der Waals surface area (Å²) in [7, 11) is 0. The van der Waals surface area contributed by atoms with Gasteiger partial charge in [-0.15, -0.1) is 0 Å². The zero-order valence-electron chi connectivity index (χ0n) is 13.1. The molecule has 0 saturated heterocycles. The van der Waals surface area contributed by atoms with Crippen molar-refractivity contribution >= 4 is 23.2 Å². The van der Waals surface area contributed by atoms with Gasteiger partial charge in [0.15, 0.2) is 6.04 Å². The van der Waals surface area contributed by atoms with E-state index in [1.54, 1.807) is 0 Å². The molecule has 2 atom stereocenters. The molecule has 2 aromatic rings. The number of anilines is 1. The van der Waals surface area contributed by atoms with Gasteiger partial charge in [-0.3, -0.25) is 4.79 Å². The van der Waals surface area contributed by atoms with Crippen LogP contribution in [0.1, 0.15) is 31.0 Å². The predicted molar refractivity (Wildman–Crippen MR) is 91.1 cm³/mol. The maximum absolute atomic E-state index is 12.3. The van der Waals surface area contributed by atoms with Crippen molar-refractivity contribution in [2.24, 2.45) is 0 Å². The van der Waals surface area contributed by atoms with Crippen LogP contribution in [0.5, 0.6) is 0 Å². The molecule has 22 heavy (non-hydrogen) atoms. The van der Waals surface area contributed by atoms with E-state index in [0.717, 1.165) is 16.3 Å². The molecule has 0 bridgehead atoms. The Balaban J connectivity index is 1.94. The van der Waals surface area contributed by atoms with Gasteiger partial charge in [0.25, 0.3) is 5.91 Å². The minimum absolute atomic E-state index is 0.00210. The molecular weight excluding hydrogens is 296 g/mol. The maximum Gasteiger partial charge on any atom is 0.282 e.